The van der Waals surface area contributed by atoms with Gasteiger partial charge in [0, 0.05) is 23.7 Å². The predicted molar refractivity (Wildman–Crippen MR) is 106 cm³/mol. The molecule has 0 atom stereocenters. The molecule has 0 aliphatic heterocycles. The maximum atomic E-state index is 10.3. The van der Waals surface area contributed by atoms with E-state index in [1.165, 1.54) is 12.3 Å². The highest BCUT2D eigenvalue weighted by molar-refractivity contribution is 5.66. The summed E-state index contributed by atoms with van der Waals surface area (Å²) >= 11 is 0. The molecule has 0 radical (unpaired) electrons. The lowest BCUT2D eigenvalue weighted by Crippen LogP contribution is -2.08. The van der Waals surface area contributed by atoms with Crippen LogP contribution in [-0.2, 0) is 4.79 Å². The Morgan fingerprint density at radius 1 is 1.22 bits per heavy atom. The highest BCUT2D eigenvalue weighted by Crippen LogP contribution is 2.22. The molecule has 5 nitrogen and oxygen atoms in total. The van der Waals surface area contributed by atoms with Gasteiger partial charge >= 0.3 is 0 Å². The topological polar surface area (TPSA) is 75.0 Å². The summed E-state index contributed by atoms with van der Waals surface area (Å²) in [6.07, 6.45) is 7.13. The number of nitriles is 1. The summed E-state index contributed by atoms with van der Waals surface area (Å²) < 4.78 is 5.65. The summed E-state index contributed by atoms with van der Waals surface area (Å²) in [5.41, 5.74) is 3.60. The molecule has 0 unspecified atom stereocenters. The van der Waals surface area contributed by atoms with Gasteiger partial charge in [0.25, 0.3) is 0 Å². The van der Waals surface area contributed by atoms with Gasteiger partial charge in [-0.15, -0.1) is 0 Å². The Labute approximate surface area is 158 Å². The summed E-state index contributed by atoms with van der Waals surface area (Å²) in [7, 11) is 0. The number of carbonyl (C=O) groups excluding carboxylic acids is 1. The molecule has 134 valence electrons. The van der Waals surface area contributed by atoms with Crippen molar-refractivity contribution in [3.05, 3.63) is 96.4 Å². The van der Waals surface area contributed by atoms with Crippen LogP contribution < -0.4 is 10.1 Å². The van der Waals surface area contributed by atoms with Crippen LogP contribution in [0.2, 0.25) is 0 Å². The van der Waals surface area contributed by atoms with Gasteiger partial charge in [-0.2, -0.15) is 5.26 Å². The van der Waals surface area contributed by atoms with Crippen molar-refractivity contribution in [2.75, 3.05) is 0 Å². The first-order valence-electron chi connectivity index (χ1n) is 8.11. The summed E-state index contributed by atoms with van der Waals surface area (Å²) in [5.74, 6) is 1.04. The second-order valence-electron chi connectivity index (χ2n) is 5.64. The Kier molecular flexibility index (Phi) is 6.86. The second kappa shape index (κ2) is 9.54. The molecule has 0 spiro atoms. The van der Waals surface area contributed by atoms with E-state index in [4.69, 9.17) is 10.00 Å². The van der Waals surface area contributed by atoms with Gasteiger partial charge < -0.3 is 10.1 Å². The largest absolute Gasteiger partial charge is 0.439 e. The average molecular weight is 357 g/mol. The van der Waals surface area contributed by atoms with Crippen LogP contribution in [0.15, 0.2) is 85.3 Å². The third-order valence-corrected chi connectivity index (χ3v) is 3.44. The fraction of sp³-hybridized carbons (Fsp3) is 0.0455. The number of hydrogen-bond acceptors (Lipinski definition) is 5. The molecule has 0 amide bonds. The molecule has 1 heterocycles. The van der Waals surface area contributed by atoms with E-state index in [0.717, 1.165) is 17.4 Å². The van der Waals surface area contributed by atoms with Gasteiger partial charge in [-0.05, 0) is 60.5 Å². The van der Waals surface area contributed by atoms with Crippen molar-refractivity contribution >= 4 is 12.0 Å². The number of carbonyl (C=O) groups is 1. The number of nitrogens with zero attached hydrogens (tertiary/aromatic N) is 2. The Morgan fingerprint density at radius 2 is 1.96 bits per heavy atom. The minimum Gasteiger partial charge on any atom is -0.439 e. The highest BCUT2D eigenvalue weighted by Gasteiger charge is 2.03. The zero-order chi connectivity index (χ0) is 19.6. The first-order valence-corrected chi connectivity index (χ1v) is 8.11. The van der Waals surface area contributed by atoms with Crippen LogP contribution in [0.25, 0.3) is 5.70 Å². The van der Waals surface area contributed by atoms with E-state index in [0.29, 0.717) is 28.6 Å². The van der Waals surface area contributed by atoms with Crippen LogP contribution in [0.1, 0.15) is 18.1 Å². The van der Waals surface area contributed by atoms with Crippen LogP contribution in [-0.4, -0.2) is 11.3 Å². The van der Waals surface area contributed by atoms with Gasteiger partial charge in [0.05, 0.1) is 5.56 Å². The molecule has 27 heavy (non-hydrogen) atoms. The molecule has 0 saturated heterocycles. The number of hydrogen-bond donors (Lipinski definition) is 1. The minimum absolute atomic E-state index is 0.413. The molecule has 1 aromatic carbocycles. The van der Waals surface area contributed by atoms with E-state index < -0.39 is 0 Å². The van der Waals surface area contributed by atoms with E-state index in [1.54, 1.807) is 30.3 Å². The SMILES string of the molecule is C=C(/C=C(C)/C=C/C=O)NC(=C)c1ccc(Oc2ccc(C#N)cn2)cc1. The fourth-order valence-corrected chi connectivity index (χ4v) is 2.17. The molecule has 2 aromatic rings. The van der Waals surface area contributed by atoms with E-state index in [9.17, 15) is 4.79 Å². The average Bonchev–Trinajstić information content (AvgIpc) is 2.67. The number of allylic oxidation sites excluding steroid dienone is 4. The normalized spacial score (nSPS) is 10.9. The smallest absolute Gasteiger partial charge is 0.219 e. The Bertz CT molecular complexity index is 931. The molecular weight excluding hydrogens is 338 g/mol. The van der Waals surface area contributed by atoms with Gasteiger partial charge in [0.2, 0.25) is 5.88 Å². The van der Waals surface area contributed by atoms with E-state index in [1.807, 2.05) is 31.2 Å². The lowest BCUT2D eigenvalue weighted by atomic mass is 10.1. The number of rotatable bonds is 8. The molecule has 5 heteroatoms. The van der Waals surface area contributed by atoms with Crippen LogP contribution in [0.4, 0.5) is 0 Å². The van der Waals surface area contributed by atoms with Gasteiger partial charge in [0.1, 0.15) is 18.1 Å². The highest BCUT2D eigenvalue weighted by atomic mass is 16.5. The summed E-state index contributed by atoms with van der Waals surface area (Å²) in [6, 6.07) is 12.6. The van der Waals surface area contributed by atoms with Gasteiger partial charge in [0.15, 0.2) is 0 Å². The Morgan fingerprint density at radius 3 is 2.56 bits per heavy atom. The number of pyridine rings is 1. The van der Waals surface area contributed by atoms with Gasteiger partial charge in [-0.25, -0.2) is 4.98 Å². The van der Waals surface area contributed by atoms with Gasteiger partial charge in [-0.3, -0.25) is 4.79 Å². The van der Waals surface area contributed by atoms with Crippen LogP contribution in [0.5, 0.6) is 11.6 Å². The molecule has 0 bridgehead atoms. The lowest BCUT2D eigenvalue weighted by molar-refractivity contribution is -0.104. The third-order valence-electron chi connectivity index (χ3n) is 3.44. The van der Waals surface area contributed by atoms with Crippen LogP contribution in [0, 0.1) is 11.3 Å². The maximum Gasteiger partial charge on any atom is 0.219 e. The van der Waals surface area contributed by atoms with Crippen LogP contribution in [0.3, 0.4) is 0 Å². The van der Waals surface area contributed by atoms with Crippen LogP contribution >= 0.6 is 0 Å². The Hall–Kier alpha value is -3.91. The lowest BCUT2D eigenvalue weighted by Gasteiger charge is -2.11. The molecule has 0 aliphatic rings. The number of benzene rings is 1. The maximum absolute atomic E-state index is 10.3. The zero-order valence-corrected chi connectivity index (χ0v) is 15.0. The van der Waals surface area contributed by atoms with Gasteiger partial charge in [-0.1, -0.05) is 19.2 Å². The van der Waals surface area contributed by atoms with Crippen molar-refractivity contribution in [1.82, 2.24) is 10.3 Å². The number of nitrogens with one attached hydrogen (secondary N) is 1. The zero-order valence-electron chi connectivity index (χ0n) is 15.0. The molecule has 0 saturated carbocycles. The molecule has 1 N–H and O–H groups in total. The first kappa shape index (κ1) is 19.4. The molecule has 0 fully saturated rings. The van der Waals surface area contributed by atoms with Crippen molar-refractivity contribution in [3.63, 3.8) is 0 Å². The fourth-order valence-electron chi connectivity index (χ4n) is 2.17. The molecule has 1 aromatic heterocycles. The Balaban J connectivity index is 1.98. The van der Waals surface area contributed by atoms with E-state index >= 15 is 0 Å². The molecular formula is C22H19N3O2. The molecule has 0 aliphatic carbocycles. The number of ether oxygens (including phenoxy) is 1. The van der Waals surface area contributed by atoms with Crippen molar-refractivity contribution < 1.29 is 9.53 Å². The monoisotopic (exact) mass is 357 g/mol. The van der Waals surface area contributed by atoms with Crippen molar-refractivity contribution in [1.29, 1.82) is 5.26 Å². The van der Waals surface area contributed by atoms with Crippen molar-refractivity contribution in [2.24, 2.45) is 0 Å². The third kappa shape index (κ3) is 6.15. The quantitative estimate of drug-likeness (QED) is 0.427. The minimum atomic E-state index is 0.413. The number of aromatic nitrogens is 1. The summed E-state index contributed by atoms with van der Waals surface area (Å²) in [5, 5.41) is 11.9. The number of aldehydes is 1. The first-order chi connectivity index (χ1) is 13.0. The van der Waals surface area contributed by atoms with Crippen molar-refractivity contribution in [3.8, 4) is 17.7 Å². The second-order valence-corrected chi connectivity index (χ2v) is 5.64. The van der Waals surface area contributed by atoms with Crippen molar-refractivity contribution in [2.45, 2.75) is 6.92 Å². The van der Waals surface area contributed by atoms with E-state index in [2.05, 4.69) is 23.5 Å². The van der Waals surface area contributed by atoms with E-state index in [-0.39, 0.29) is 0 Å². The summed E-state index contributed by atoms with van der Waals surface area (Å²) in [4.78, 5) is 14.4. The summed E-state index contributed by atoms with van der Waals surface area (Å²) in [6.45, 7) is 9.81. The standard InChI is InChI=1S/C22H19N3O2/c1-16(5-4-12-26)13-17(2)25-18(3)20-7-9-21(10-8-20)27-22-11-6-19(14-23)15-24-22/h4-13,15,25H,2-3H2,1H3/b5-4+,16-13+. The predicted octanol–water partition coefficient (Wildman–Crippen LogP) is 4.52. The molecule has 2 rings (SSSR count).